The molecule has 0 saturated carbocycles. The Morgan fingerprint density at radius 2 is 2.24 bits per heavy atom. The number of amides is 1. The zero-order valence-corrected chi connectivity index (χ0v) is 11.9. The highest BCUT2D eigenvalue weighted by molar-refractivity contribution is 9.10. The van der Waals surface area contributed by atoms with E-state index >= 15 is 0 Å². The van der Waals surface area contributed by atoms with E-state index in [9.17, 15) is 4.79 Å². The highest BCUT2D eigenvalue weighted by Gasteiger charge is 2.20. The van der Waals surface area contributed by atoms with Crippen LogP contribution in [-0.4, -0.2) is 18.5 Å². The fourth-order valence-electron chi connectivity index (χ4n) is 1.92. The van der Waals surface area contributed by atoms with Crippen LogP contribution >= 0.6 is 15.9 Å². The summed E-state index contributed by atoms with van der Waals surface area (Å²) in [5, 5.41) is 0. The molecule has 1 aromatic rings. The molecular formula is C13H19BrN2O. The summed E-state index contributed by atoms with van der Waals surface area (Å²) in [6, 6.07) is 7.92. The molecule has 1 unspecified atom stereocenters. The molecule has 0 fully saturated rings. The molecule has 0 aliphatic heterocycles. The van der Waals surface area contributed by atoms with Gasteiger partial charge in [-0.3, -0.25) is 4.79 Å². The molecule has 0 aliphatic rings. The van der Waals surface area contributed by atoms with Gasteiger partial charge in [0.2, 0.25) is 5.91 Å². The second-order valence-corrected chi connectivity index (χ2v) is 5.00. The summed E-state index contributed by atoms with van der Waals surface area (Å²) in [6.45, 7) is 4.21. The van der Waals surface area contributed by atoms with Gasteiger partial charge in [-0.1, -0.05) is 35.3 Å². The smallest absolute Gasteiger partial charge is 0.240 e. The zero-order valence-electron chi connectivity index (χ0n) is 10.3. The quantitative estimate of drug-likeness (QED) is 0.908. The van der Waals surface area contributed by atoms with Crippen LogP contribution in [0.25, 0.3) is 0 Å². The summed E-state index contributed by atoms with van der Waals surface area (Å²) in [5.41, 5.74) is 6.38. The Kier molecular flexibility index (Phi) is 5.65. The van der Waals surface area contributed by atoms with Gasteiger partial charge in [0.15, 0.2) is 0 Å². The van der Waals surface area contributed by atoms with Gasteiger partial charge >= 0.3 is 0 Å². The van der Waals surface area contributed by atoms with Crippen LogP contribution in [0.1, 0.15) is 26.7 Å². The van der Waals surface area contributed by atoms with Crippen LogP contribution in [0, 0.1) is 0 Å². The molecule has 1 rings (SSSR count). The normalized spacial score (nSPS) is 12.2. The molecule has 3 nitrogen and oxygen atoms in total. The average Bonchev–Trinajstić information content (AvgIpc) is 2.29. The molecule has 1 atom stereocenters. The highest BCUT2D eigenvalue weighted by atomic mass is 79.9. The van der Waals surface area contributed by atoms with Crippen LogP contribution in [0.5, 0.6) is 0 Å². The van der Waals surface area contributed by atoms with Crippen LogP contribution < -0.4 is 10.6 Å². The number of hydrogen-bond acceptors (Lipinski definition) is 2. The van der Waals surface area contributed by atoms with Gasteiger partial charge in [0.25, 0.3) is 0 Å². The fraction of sp³-hybridized carbons (Fsp3) is 0.462. The van der Waals surface area contributed by atoms with Gasteiger partial charge in [-0.2, -0.15) is 0 Å². The number of halogens is 1. The van der Waals surface area contributed by atoms with Gasteiger partial charge in [-0.25, -0.2) is 0 Å². The van der Waals surface area contributed by atoms with Crippen molar-refractivity contribution in [2.24, 2.45) is 5.73 Å². The lowest BCUT2D eigenvalue weighted by Crippen LogP contribution is -2.42. The number of hydrogen-bond donors (Lipinski definition) is 1. The van der Waals surface area contributed by atoms with Crippen molar-refractivity contribution in [1.82, 2.24) is 0 Å². The van der Waals surface area contributed by atoms with Crippen LogP contribution in [0.4, 0.5) is 5.69 Å². The van der Waals surface area contributed by atoms with E-state index in [-0.39, 0.29) is 18.5 Å². The fourth-order valence-corrected chi connectivity index (χ4v) is 2.30. The number of benzene rings is 1. The van der Waals surface area contributed by atoms with E-state index in [2.05, 4.69) is 29.8 Å². The van der Waals surface area contributed by atoms with E-state index in [1.165, 1.54) is 0 Å². The Morgan fingerprint density at radius 3 is 2.76 bits per heavy atom. The Hall–Kier alpha value is -0.870. The second-order valence-electron chi connectivity index (χ2n) is 4.09. The summed E-state index contributed by atoms with van der Waals surface area (Å²) in [6.07, 6.45) is 2.02. The zero-order chi connectivity index (χ0) is 12.8. The van der Waals surface area contributed by atoms with Crippen LogP contribution in [0.2, 0.25) is 0 Å². The lowest BCUT2D eigenvalue weighted by molar-refractivity contribution is -0.117. The topological polar surface area (TPSA) is 46.3 Å². The minimum Gasteiger partial charge on any atom is -0.322 e. The predicted molar refractivity (Wildman–Crippen MR) is 75.1 cm³/mol. The summed E-state index contributed by atoms with van der Waals surface area (Å²) in [4.78, 5) is 13.7. The molecule has 0 spiro atoms. The molecule has 17 heavy (non-hydrogen) atoms. The van der Waals surface area contributed by atoms with Crippen molar-refractivity contribution in [3.05, 3.63) is 28.7 Å². The molecule has 1 amide bonds. The third-order valence-corrected chi connectivity index (χ3v) is 3.17. The first-order valence-electron chi connectivity index (χ1n) is 5.87. The van der Waals surface area contributed by atoms with Gasteiger partial charge in [0, 0.05) is 16.2 Å². The number of carbonyl (C=O) groups excluding carboxylic acids is 1. The monoisotopic (exact) mass is 298 g/mol. The van der Waals surface area contributed by atoms with Crippen molar-refractivity contribution in [2.75, 3.05) is 11.4 Å². The first-order chi connectivity index (χ1) is 8.10. The van der Waals surface area contributed by atoms with E-state index < -0.39 is 0 Å². The Balaban J connectivity index is 3.01. The molecule has 0 radical (unpaired) electrons. The predicted octanol–water partition coefficient (Wildman–Crippen LogP) is 2.93. The summed E-state index contributed by atoms with van der Waals surface area (Å²) >= 11 is 3.42. The molecule has 0 bridgehead atoms. The number of carbonyl (C=O) groups is 1. The lowest BCUT2D eigenvalue weighted by atomic mass is 10.1. The number of anilines is 1. The first-order valence-corrected chi connectivity index (χ1v) is 6.67. The summed E-state index contributed by atoms with van der Waals surface area (Å²) in [7, 11) is 0. The van der Waals surface area contributed by atoms with E-state index in [0.717, 1.165) is 23.0 Å². The average molecular weight is 299 g/mol. The molecule has 94 valence electrons. The Labute approximate surface area is 111 Å². The van der Waals surface area contributed by atoms with Crippen molar-refractivity contribution in [1.29, 1.82) is 0 Å². The number of rotatable bonds is 5. The summed E-state index contributed by atoms with van der Waals surface area (Å²) in [5.74, 6) is -0.0379. The van der Waals surface area contributed by atoms with Crippen LogP contribution in [-0.2, 0) is 4.79 Å². The van der Waals surface area contributed by atoms with Gasteiger partial charge in [-0.05, 0) is 31.5 Å². The largest absolute Gasteiger partial charge is 0.322 e. The highest BCUT2D eigenvalue weighted by Crippen LogP contribution is 2.23. The van der Waals surface area contributed by atoms with E-state index in [4.69, 9.17) is 5.73 Å². The molecule has 2 N–H and O–H groups in total. The van der Waals surface area contributed by atoms with E-state index in [0.29, 0.717) is 0 Å². The molecule has 0 heterocycles. The van der Waals surface area contributed by atoms with Crippen molar-refractivity contribution in [3.63, 3.8) is 0 Å². The molecule has 4 heteroatoms. The van der Waals surface area contributed by atoms with Crippen molar-refractivity contribution in [2.45, 2.75) is 32.7 Å². The minimum absolute atomic E-state index is 0.0379. The number of nitrogens with two attached hydrogens (primary N) is 1. The third-order valence-electron chi connectivity index (χ3n) is 2.68. The van der Waals surface area contributed by atoms with E-state index in [1.54, 1.807) is 4.90 Å². The SMILES string of the molecule is CCCC(C)N(C(=O)CN)c1cccc(Br)c1. The van der Waals surface area contributed by atoms with Crippen molar-refractivity contribution < 1.29 is 4.79 Å². The maximum atomic E-state index is 11.9. The molecular weight excluding hydrogens is 280 g/mol. The van der Waals surface area contributed by atoms with E-state index in [1.807, 2.05) is 24.3 Å². The van der Waals surface area contributed by atoms with Crippen molar-refractivity contribution in [3.8, 4) is 0 Å². The first kappa shape index (κ1) is 14.2. The Bertz CT molecular complexity index is 381. The third kappa shape index (κ3) is 3.82. The maximum absolute atomic E-state index is 11.9. The molecule has 0 saturated heterocycles. The van der Waals surface area contributed by atoms with Gasteiger partial charge in [0.05, 0.1) is 6.54 Å². The lowest BCUT2D eigenvalue weighted by Gasteiger charge is -2.29. The second kappa shape index (κ2) is 6.77. The standard InChI is InChI=1S/C13H19BrN2O/c1-3-5-10(2)16(13(17)9-15)12-7-4-6-11(14)8-12/h4,6-8,10H,3,5,9,15H2,1-2H3. The van der Waals surface area contributed by atoms with Gasteiger partial charge in [-0.15, -0.1) is 0 Å². The maximum Gasteiger partial charge on any atom is 0.240 e. The number of nitrogens with zero attached hydrogens (tertiary/aromatic N) is 1. The summed E-state index contributed by atoms with van der Waals surface area (Å²) < 4.78 is 0.966. The van der Waals surface area contributed by atoms with Crippen LogP contribution in [0.15, 0.2) is 28.7 Å². The molecule has 0 aromatic heterocycles. The molecule has 0 aliphatic carbocycles. The molecule has 1 aromatic carbocycles. The van der Waals surface area contributed by atoms with Crippen LogP contribution in [0.3, 0.4) is 0 Å². The van der Waals surface area contributed by atoms with Crippen molar-refractivity contribution >= 4 is 27.5 Å². The minimum atomic E-state index is -0.0379. The van der Waals surface area contributed by atoms with Gasteiger partial charge in [0.1, 0.15) is 0 Å². The Morgan fingerprint density at radius 1 is 1.53 bits per heavy atom. The van der Waals surface area contributed by atoms with Gasteiger partial charge < -0.3 is 10.6 Å².